The maximum Gasteiger partial charge on any atom is 0.104 e. The molecule has 2 nitrogen and oxygen atoms in total. The van der Waals surface area contributed by atoms with Gasteiger partial charge in [0.1, 0.15) is 6.54 Å². The third kappa shape index (κ3) is 3.52. The van der Waals surface area contributed by atoms with Gasteiger partial charge in [-0.15, -0.1) is 0 Å². The summed E-state index contributed by atoms with van der Waals surface area (Å²) in [5.41, 5.74) is 2.25. The number of piperazine rings is 1. The number of para-hydroxylation sites is 1. The highest BCUT2D eigenvalue weighted by atomic mass is 35.5. The maximum absolute atomic E-state index is 6.28. The molecule has 116 valence electrons. The van der Waals surface area contributed by atoms with Gasteiger partial charge in [0.15, 0.2) is 0 Å². The van der Waals surface area contributed by atoms with Crippen LogP contribution >= 0.6 is 34.8 Å². The number of benzene rings is 2. The largest absolute Gasteiger partial charge is 0.359 e. The topological polar surface area (TPSA) is 7.68 Å². The van der Waals surface area contributed by atoms with Crippen LogP contribution in [0.5, 0.6) is 0 Å². The standard InChI is InChI=1S/C17H17Cl3N2/c18-14-5-1-2-7-16(14)22-10-8-21(9-11-22)12-13-4-3-6-15(19)17(13)20/h1-7H,8-12H2/p+1. The Hall–Kier alpha value is -0.930. The van der Waals surface area contributed by atoms with Crippen LogP contribution in [0.15, 0.2) is 42.5 Å². The van der Waals surface area contributed by atoms with Gasteiger partial charge in [-0.2, -0.15) is 0 Å². The van der Waals surface area contributed by atoms with E-state index in [0.717, 1.165) is 49.0 Å². The van der Waals surface area contributed by atoms with E-state index in [4.69, 9.17) is 34.8 Å². The summed E-state index contributed by atoms with van der Waals surface area (Å²) in [5, 5.41) is 2.14. The maximum atomic E-state index is 6.28. The van der Waals surface area contributed by atoms with E-state index < -0.39 is 0 Å². The molecule has 1 fully saturated rings. The first-order valence-electron chi connectivity index (χ1n) is 7.41. The second-order valence-corrected chi connectivity index (χ2v) is 6.77. The fourth-order valence-corrected chi connectivity index (χ4v) is 3.55. The summed E-state index contributed by atoms with van der Waals surface area (Å²) < 4.78 is 0. The van der Waals surface area contributed by atoms with E-state index in [9.17, 15) is 0 Å². The average molecular weight is 357 g/mol. The van der Waals surface area contributed by atoms with E-state index in [0.29, 0.717) is 10.0 Å². The van der Waals surface area contributed by atoms with Gasteiger partial charge < -0.3 is 9.80 Å². The highest BCUT2D eigenvalue weighted by molar-refractivity contribution is 6.42. The van der Waals surface area contributed by atoms with Gasteiger partial charge in [-0.3, -0.25) is 0 Å². The molecule has 0 bridgehead atoms. The molecule has 1 aliphatic rings. The summed E-state index contributed by atoms with van der Waals surface area (Å²) >= 11 is 18.7. The van der Waals surface area contributed by atoms with Crippen LogP contribution in [0.4, 0.5) is 5.69 Å². The fraction of sp³-hybridized carbons (Fsp3) is 0.294. The Balaban J connectivity index is 1.63. The van der Waals surface area contributed by atoms with Crippen molar-refractivity contribution in [2.75, 3.05) is 31.1 Å². The average Bonchev–Trinajstić information content (AvgIpc) is 2.53. The minimum Gasteiger partial charge on any atom is -0.359 e. The molecule has 0 atom stereocenters. The second kappa shape index (κ2) is 7.10. The molecule has 0 amide bonds. The number of hydrogen-bond acceptors (Lipinski definition) is 1. The minimum atomic E-state index is 0.633. The first-order chi connectivity index (χ1) is 10.6. The summed E-state index contributed by atoms with van der Waals surface area (Å²) in [5.74, 6) is 0. The predicted molar refractivity (Wildman–Crippen MR) is 94.5 cm³/mol. The number of nitrogens with one attached hydrogen (secondary N) is 1. The Morgan fingerprint density at radius 3 is 2.27 bits per heavy atom. The number of hydrogen-bond donors (Lipinski definition) is 1. The SMILES string of the molecule is Clc1ccccc1N1CC[NH+](Cc2cccc(Cl)c2Cl)CC1. The van der Waals surface area contributed by atoms with Crippen molar-refractivity contribution >= 4 is 40.5 Å². The van der Waals surface area contributed by atoms with E-state index in [2.05, 4.69) is 17.0 Å². The highest BCUT2D eigenvalue weighted by Gasteiger charge is 2.22. The lowest BCUT2D eigenvalue weighted by atomic mass is 10.2. The Morgan fingerprint density at radius 2 is 1.55 bits per heavy atom. The lowest BCUT2D eigenvalue weighted by molar-refractivity contribution is -0.914. The summed E-state index contributed by atoms with van der Waals surface area (Å²) in [7, 11) is 0. The fourth-order valence-electron chi connectivity index (χ4n) is 2.90. The van der Waals surface area contributed by atoms with E-state index >= 15 is 0 Å². The molecule has 0 radical (unpaired) electrons. The van der Waals surface area contributed by atoms with Crippen molar-refractivity contribution in [1.29, 1.82) is 0 Å². The molecular formula is C17H18Cl3N2+. The van der Waals surface area contributed by atoms with Crippen molar-refractivity contribution in [3.63, 3.8) is 0 Å². The summed E-state index contributed by atoms with van der Waals surface area (Å²) in [6.07, 6.45) is 0. The van der Waals surface area contributed by atoms with Crippen molar-refractivity contribution in [3.05, 3.63) is 63.1 Å². The lowest BCUT2D eigenvalue weighted by Gasteiger charge is -2.34. The molecule has 5 heteroatoms. The van der Waals surface area contributed by atoms with Gasteiger partial charge in [0, 0.05) is 5.56 Å². The minimum absolute atomic E-state index is 0.633. The van der Waals surface area contributed by atoms with Crippen LogP contribution in [0, 0.1) is 0 Å². The number of rotatable bonds is 3. The van der Waals surface area contributed by atoms with Gasteiger partial charge >= 0.3 is 0 Å². The third-order valence-corrected chi connectivity index (χ3v) is 5.31. The van der Waals surface area contributed by atoms with Crippen LogP contribution in [0.25, 0.3) is 0 Å². The molecule has 1 aliphatic heterocycles. The quantitative estimate of drug-likeness (QED) is 0.883. The van der Waals surface area contributed by atoms with E-state index in [1.807, 2.05) is 30.3 Å². The van der Waals surface area contributed by atoms with E-state index in [1.165, 1.54) is 4.90 Å². The molecule has 2 aromatic carbocycles. The molecule has 0 aliphatic carbocycles. The van der Waals surface area contributed by atoms with Gasteiger partial charge in [0.25, 0.3) is 0 Å². The van der Waals surface area contributed by atoms with E-state index in [1.54, 1.807) is 0 Å². The molecule has 2 aromatic rings. The van der Waals surface area contributed by atoms with Crippen molar-refractivity contribution in [2.24, 2.45) is 0 Å². The molecule has 3 rings (SSSR count). The zero-order valence-corrected chi connectivity index (χ0v) is 14.4. The smallest absolute Gasteiger partial charge is 0.104 e. The van der Waals surface area contributed by atoms with Gasteiger partial charge in [0.2, 0.25) is 0 Å². The zero-order valence-electron chi connectivity index (χ0n) is 12.2. The normalized spacial score (nSPS) is 16.0. The highest BCUT2D eigenvalue weighted by Crippen LogP contribution is 2.26. The van der Waals surface area contributed by atoms with Crippen LogP contribution in [0.2, 0.25) is 15.1 Å². The Kier molecular flexibility index (Phi) is 5.14. The molecule has 1 heterocycles. The first-order valence-corrected chi connectivity index (χ1v) is 8.54. The van der Waals surface area contributed by atoms with Gasteiger partial charge in [-0.05, 0) is 18.2 Å². The molecular weight excluding hydrogens is 339 g/mol. The van der Waals surface area contributed by atoms with Crippen molar-refractivity contribution < 1.29 is 4.90 Å². The van der Waals surface area contributed by atoms with Gasteiger partial charge in [-0.1, -0.05) is 59.1 Å². The van der Waals surface area contributed by atoms with Crippen molar-refractivity contribution in [2.45, 2.75) is 6.54 Å². The van der Waals surface area contributed by atoms with E-state index in [-0.39, 0.29) is 0 Å². The Bertz CT molecular complexity index is 652. The summed E-state index contributed by atoms with van der Waals surface area (Å²) in [4.78, 5) is 3.87. The first kappa shape index (κ1) is 15.9. The molecule has 0 spiro atoms. The van der Waals surface area contributed by atoms with Crippen molar-refractivity contribution in [3.8, 4) is 0 Å². The van der Waals surface area contributed by atoms with Crippen LogP contribution in [0.3, 0.4) is 0 Å². The zero-order chi connectivity index (χ0) is 15.5. The van der Waals surface area contributed by atoms with Crippen LogP contribution < -0.4 is 9.80 Å². The molecule has 1 saturated heterocycles. The van der Waals surface area contributed by atoms with Crippen molar-refractivity contribution in [1.82, 2.24) is 0 Å². The monoisotopic (exact) mass is 355 g/mol. The molecule has 1 N–H and O–H groups in total. The lowest BCUT2D eigenvalue weighted by Crippen LogP contribution is -3.13. The summed E-state index contributed by atoms with van der Waals surface area (Å²) in [6, 6.07) is 13.9. The van der Waals surface area contributed by atoms with Crippen LogP contribution in [-0.4, -0.2) is 26.2 Å². The van der Waals surface area contributed by atoms with Gasteiger partial charge in [0.05, 0.1) is 46.9 Å². The van der Waals surface area contributed by atoms with Crippen LogP contribution in [-0.2, 0) is 6.54 Å². The van der Waals surface area contributed by atoms with Gasteiger partial charge in [-0.25, -0.2) is 0 Å². The molecule has 0 saturated carbocycles. The molecule has 0 unspecified atom stereocenters. The number of halogens is 3. The molecule has 22 heavy (non-hydrogen) atoms. The Labute approximate surface area is 146 Å². The van der Waals surface area contributed by atoms with Crippen LogP contribution in [0.1, 0.15) is 5.56 Å². The summed E-state index contributed by atoms with van der Waals surface area (Å²) in [6.45, 7) is 5.03. The molecule has 0 aromatic heterocycles. The number of anilines is 1. The number of quaternary nitrogens is 1. The Morgan fingerprint density at radius 1 is 0.864 bits per heavy atom. The second-order valence-electron chi connectivity index (χ2n) is 5.58. The predicted octanol–water partition coefficient (Wildman–Crippen LogP) is 3.55. The number of nitrogens with zero attached hydrogens (tertiary/aromatic N) is 1. The third-order valence-electron chi connectivity index (χ3n) is 4.14.